The van der Waals surface area contributed by atoms with Crippen molar-refractivity contribution in [3.63, 3.8) is 0 Å². The number of unbranched alkanes of at least 4 members (excludes halogenated alkanes) is 1. The van der Waals surface area contributed by atoms with Gasteiger partial charge in [-0.05, 0) is 31.6 Å². The van der Waals surface area contributed by atoms with Crippen LogP contribution in [-0.2, 0) is 14.3 Å². The Morgan fingerprint density at radius 2 is 1.85 bits per heavy atom. The molecule has 0 aromatic carbocycles. The van der Waals surface area contributed by atoms with E-state index < -0.39 is 17.9 Å². The number of carboxylic acid groups (broad SMARTS) is 1. The van der Waals surface area contributed by atoms with Crippen molar-refractivity contribution in [2.45, 2.75) is 38.5 Å². The van der Waals surface area contributed by atoms with Crippen molar-refractivity contribution in [3.05, 3.63) is 0 Å². The molecule has 3 amide bonds. The van der Waals surface area contributed by atoms with Gasteiger partial charge < -0.3 is 15.2 Å². The molecule has 114 valence electrons. The second kappa shape index (κ2) is 9.30. The highest BCUT2D eigenvalue weighted by Crippen LogP contribution is 2.28. The Labute approximate surface area is 118 Å². The zero-order chi connectivity index (χ0) is 14.8. The number of hydrogen-bond acceptors (Lipinski definition) is 4. The van der Waals surface area contributed by atoms with Gasteiger partial charge in [0.15, 0.2) is 0 Å². The highest BCUT2D eigenvalue weighted by Gasteiger charge is 2.20. The van der Waals surface area contributed by atoms with E-state index in [2.05, 4.69) is 10.6 Å². The van der Waals surface area contributed by atoms with Crippen LogP contribution in [0.15, 0.2) is 0 Å². The predicted molar refractivity (Wildman–Crippen MR) is 71.2 cm³/mol. The van der Waals surface area contributed by atoms with Crippen LogP contribution in [0.3, 0.4) is 0 Å². The van der Waals surface area contributed by atoms with Crippen molar-refractivity contribution in [1.29, 1.82) is 0 Å². The minimum Gasteiger partial charge on any atom is -0.481 e. The van der Waals surface area contributed by atoms with Crippen LogP contribution in [0.25, 0.3) is 0 Å². The number of carbonyl (C=O) groups excluding carboxylic acids is 2. The van der Waals surface area contributed by atoms with Gasteiger partial charge in [-0.3, -0.25) is 14.9 Å². The Morgan fingerprint density at radius 1 is 1.15 bits per heavy atom. The molecule has 0 saturated heterocycles. The van der Waals surface area contributed by atoms with Gasteiger partial charge in [-0.25, -0.2) is 4.79 Å². The van der Waals surface area contributed by atoms with Crippen molar-refractivity contribution in [3.8, 4) is 0 Å². The zero-order valence-electron chi connectivity index (χ0n) is 11.5. The molecule has 0 spiro atoms. The smallest absolute Gasteiger partial charge is 0.321 e. The number of carboxylic acids is 1. The van der Waals surface area contributed by atoms with Crippen molar-refractivity contribution < 1.29 is 24.2 Å². The Bertz CT molecular complexity index is 342. The minimum absolute atomic E-state index is 0.0395. The molecule has 1 rings (SSSR count). The molecule has 0 bridgehead atoms. The van der Waals surface area contributed by atoms with Gasteiger partial charge >= 0.3 is 12.0 Å². The number of rotatable bonds is 10. The Hall–Kier alpha value is -1.63. The SMILES string of the molecule is O=C(O)CCCCC(=O)NC(=O)NCCOCC1CC1. The first-order valence-corrected chi connectivity index (χ1v) is 6.95. The normalized spacial score (nSPS) is 13.8. The average molecular weight is 286 g/mol. The number of urea groups is 1. The molecule has 1 fully saturated rings. The third-order valence-electron chi connectivity index (χ3n) is 2.88. The topological polar surface area (TPSA) is 105 Å². The Kier molecular flexibility index (Phi) is 7.64. The first-order chi connectivity index (χ1) is 9.58. The van der Waals surface area contributed by atoms with Crippen LogP contribution in [0, 0.1) is 5.92 Å². The first-order valence-electron chi connectivity index (χ1n) is 6.95. The van der Waals surface area contributed by atoms with Crippen LogP contribution in [0.1, 0.15) is 38.5 Å². The van der Waals surface area contributed by atoms with Crippen molar-refractivity contribution >= 4 is 17.9 Å². The molecule has 0 aliphatic heterocycles. The second-order valence-electron chi connectivity index (χ2n) is 4.92. The van der Waals surface area contributed by atoms with Gasteiger partial charge in [-0.1, -0.05) is 0 Å². The van der Waals surface area contributed by atoms with Gasteiger partial charge in [-0.2, -0.15) is 0 Å². The van der Waals surface area contributed by atoms with Gasteiger partial charge in [0, 0.05) is 26.0 Å². The van der Waals surface area contributed by atoms with Gasteiger partial charge in [0.05, 0.1) is 6.61 Å². The molecule has 3 N–H and O–H groups in total. The molecule has 20 heavy (non-hydrogen) atoms. The molecule has 0 radical (unpaired) electrons. The van der Waals surface area contributed by atoms with E-state index >= 15 is 0 Å². The van der Waals surface area contributed by atoms with Gasteiger partial charge in [0.25, 0.3) is 0 Å². The lowest BCUT2D eigenvalue weighted by molar-refractivity contribution is -0.137. The van der Waals surface area contributed by atoms with E-state index in [4.69, 9.17) is 9.84 Å². The maximum absolute atomic E-state index is 11.3. The third kappa shape index (κ3) is 9.32. The van der Waals surface area contributed by atoms with Crippen LogP contribution in [0.2, 0.25) is 0 Å². The van der Waals surface area contributed by atoms with Crippen molar-refractivity contribution in [2.75, 3.05) is 19.8 Å². The van der Waals surface area contributed by atoms with Crippen LogP contribution in [-0.4, -0.2) is 42.8 Å². The quantitative estimate of drug-likeness (QED) is 0.517. The molecule has 0 aromatic heterocycles. The third-order valence-corrected chi connectivity index (χ3v) is 2.88. The first kappa shape index (κ1) is 16.4. The second-order valence-corrected chi connectivity index (χ2v) is 4.92. The molecule has 0 unspecified atom stereocenters. The number of aliphatic carboxylic acids is 1. The fourth-order valence-electron chi connectivity index (χ4n) is 1.57. The minimum atomic E-state index is -0.880. The van der Waals surface area contributed by atoms with Crippen molar-refractivity contribution in [2.24, 2.45) is 5.92 Å². The Morgan fingerprint density at radius 3 is 2.50 bits per heavy atom. The van der Waals surface area contributed by atoms with Gasteiger partial charge in [0.2, 0.25) is 5.91 Å². The number of ether oxygens (including phenoxy) is 1. The van der Waals surface area contributed by atoms with Crippen LogP contribution >= 0.6 is 0 Å². The lowest BCUT2D eigenvalue weighted by atomic mass is 10.2. The van der Waals surface area contributed by atoms with E-state index in [9.17, 15) is 14.4 Å². The summed E-state index contributed by atoms with van der Waals surface area (Å²) in [5.41, 5.74) is 0. The zero-order valence-corrected chi connectivity index (χ0v) is 11.5. The summed E-state index contributed by atoms with van der Waals surface area (Å²) in [4.78, 5) is 32.9. The summed E-state index contributed by atoms with van der Waals surface area (Å²) in [6.07, 6.45) is 3.53. The fourth-order valence-corrected chi connectivity index (χ4v) is 1.57. The molecule has 1 aliphatic rings. The molecular formula is C13H22N2O5. The summed E-state index contributed by atoms with van der Waals surface area (Å²) in [6, 6.07) is -0.539. The average Bonchev–Trinajstić information content (AvgIpc) is 3.18. The maximum atomic E-state index is 11.3. The Balaban J connectivity index is 1.91. The largest absolute Gasteiger partial charge is 0.481 e. The summed E-state index contributed by atoms with van der Waals surface area (Å²) in [5, 5.41) is 13.1. The molecule has 0 aromatic rings. The summed E-state index contributed by atoms with van der Waals surface area (Å²) in [7, 11) is 0. The lowest BCUT2D eigenvalue weighted by Gasteiger charge is -2.07. The fraction of sp³-hybridized carbons (Fsp3) is 0.769. The highest BCUT2D eigenvalue weighted by atomic mass is 16.5. The van der Waals surface area contributed by atoms with Crippen LogP contribution in [0.5, 0.6) is 0 Å². The van der Waals surface area contributed by atoms with E-state index in [1.807, 2.05) is 0 Å². The molecule has 1 saturated carbocycles. The number of carbonyl (C=O) groups is 3. The van der Waals surface area contributed by atoms with Gasteiger partial charge in [-0.15, -0.1) is 0 Å². The van der Waals surface area contributed by atoms with E-state index in [-0.39, 0.29) is 12.8 Å². The molecule has 7 heteroatoms. The summed E-state index contributed by atoms with van der Waals surface area (Å²) in [6.45, 7) is 1.55. The summed E-state index contributed by atoms with van der Waals surface area (Å²) in [5.74, 6) is -0.586. The van der Waals surface area contributed by atoms with Gasteiger partial charge in [0.1, 0.15) is 0 Å². The summed E-state index contributed by atoms with van der Waals surface area (Å²) >= 11 is 0. The number of nitrogens with one attached hydrogen (secondary N) is 2. The monoisotopic (exact) mass is 286 g/mol. The molecule has 1 aliphatic carbocycles. The molecule has 0 heterocycles. The number of amides is 3. The van der Waals surface area contributed by atoms with E-state index in [0.717, 1.165) is 6.61 Å². The maximum Gasteiger partial charge on any atom is 0.321 e. The van der Waals surface area contributed by atoms with E-state index in [0.29, 0.717) is 31.9 Å². The molecular weight excluding hydrogens is 264 g/mol. The summed E-state index contributed by atoms with van der Waals surface area (Å²) < 4.78 is 5.33. The van der Waals surface area contributed by atoms with E-state index in [1.54, 1.807) is 0 Å². The molecule has 7 nitrogen and oxygen atoms in total. The van der Waals surface area contributed by atoms with E-state index in [1.165, 1.54) is 12.8 Å². The number of imide groups is 1. The standard InChI is InChI=1S/C13H22N2O5/c16-11(3-1-2-4-12(17)18)15-13(19)14-7-8-20-9-10-5-6-10/h10H,1-9H2,(H,17,18)(H2,14,15,16,19). The number of hydrogen-bond donors (Lipinski definition) is 3. The van der Waals surface area contributed by atoms with Crippen LogP contribution < -0.4 is 10.6 Å². The molecule has 0 atom stereocenters. The lowest BCUT2D eigenvalue weighted by Crippen LogP contribution is -2.40. The highest BCUT2D eigenvalue weighted by molar-refractivity contribution is 5.94. The van der Waals surface area contributed by atoms with Crippen LogP contribution in [0.4, 0.5) is 4.79 Å². The van der Waals surface area contributed by atoms with Crippen molar-refractivity contribution in [1.82, 2.24) is 10.6 Å². The predicted octanol–water partition coefficient (Wildman–Crippen LogP) is 0.884.